The molecule has 0 saturated carbocycles. The van der Waals surface area contributed by atoms with Crippen molar-refractivity contribution in [3.05, 3.63) is 83.7 Å². The van der Waals surface area contributed by atoms with E-state index in [2.05, 4.69) is 25.5 Å². The number of hydrogen-bond donors (Lipinski definition) is 1. The number of hydrogen-bond acceptors (Lipinski definition) is 9. The number of fused-ring (bicyclic) bond motifs is 1. The highest BCUT2D eigenvalue weighted by Crippen LogP contribution is 2.36. The van der Waals surface area contributed by atoms with Crippen LogP contribution in [0.2, 0.25) is 0 Å². The minimum atomic E-state index is -0.739. The molecule has 208 valence electrons. The minimum absolute atomic E-state index is 0.0984. The van der Waals surface area contributed by atoms with Crippen LogP contribution in [0, 0.1) is 18.6 Å². The molecule has 0 saturated heterocycles. The Morgan fingerprint density at radius 1 is 0.854 bits per heavy atom. The summed E-state index contributed by atoms with van der Waals surface area (Å²) in [6.07, 6.45) is 1.50. The molecule has 41 heavy (non-hydrogen) atoms. The quantitative estimate of drug-likeness (QED) is 0.254. The number of ether oxygens (including phenoxy) is 4. The number of amides is 1. The van der Waals surface area contributed by atoms with Crippen LogP contribution in [0.5, 0.6) is 28.9 Å². The van der Waals surface area contributed by atoms with Gasteiger partial charge < -0.3 is 24.3 Å². The predicted molar refractivity (Wildman–Crippen MR) is 146 cm³/mol. The molecule has 12 heteroatoms. The van der Waals surface area contributed by atoms with Gasteiger partial charge in [0, 0.05) is 35.6 Å². The smallest absolute Gasteiger partial charge is 0.261 e. The van der Waals surface area contributed by atoms with Gasteiger partial charge in [-0.2, -0.15) is 5.10 Å². The molecule has 0 fully saturated rings. The third kappa shape index (κ3) is 5.39. The second-order valence-corrected chi connectivity index (χ2v) is 8.63. The highest BCUT2D eigenvalue weighted by atomic mass is 19.1. The molecule has 0 spiro atoms. The Morgan fingerprint density at radius 3 is 2.32 bits per heavy atom. The second kappa shape index (κ2) is 11.4. The topological polar surface area (TPSA) is 118 Å². The van der Waals surface area contributed by atoms with Gasteiger partial charge in [-0.1, -0.05) is 0 Å². The van der Waals surface area contributed by atoms with Gasteiger partial charge in [-0.05, 0) is 43.3 Å². The number of rotatable bonds is 8. The number of aryl methyl sites for hydroxylation is 1. The molecule has 0 atom stereocenters. The largest absolute Gasteiger partial charge is 0.493 e. The second-order valence-electron chi connectivity index (χ2n) is 8.63. The van der Waals surface area contributed by atoms with E-state index in [-0.39, 0.29) is 45.8 Å². The Kier molecular flexibility index (Phi) is 7.55. The number of benzene rings is 2. The fourth-order valence-electron chi connectivity index (χ4n) is 4.13. The molecule has 0 aliphatic rings. The number of anilines is 1. The SMILES string of the molecule is COc1cc2nccc(Oc3ccc(NC(=O)c4c(C)nnc(-c5ccc(F)cc5)c4OC)cc3F)c2nc1OC. The summed E-state index contributed by atoms with van der Waals surface area (Å²) < 4.78 is 50.4. The zero-order chi connectivity index (χ0) is 29.1. The van der Waals surface area contributed by atoms with Gasteiger partial charge in [0.2, 0.25) is 0 Å². The molecule has 0 radical (unpaired) electrons. The maximum Gasteiger partial charge on any atom is 0.261 e. The van der Waals surface area contributed by atoms with Gasteiger partial charge in [0.25, 0.3) is 11.8 Å². The zero-order valence-corrected chi connectivity index (χ0v) is 22.4. The van der Waals surface area contributed by atoms with Crippen molar-refractivity contribution in [1.29, 1.82) is 0 Å². The van der Waals surface area contributed by atoms with E-state index >= 15 is 4.39 Å². The number of nitrogens with zero attached hydrogens (tertiary/aromatic N) is 4. The first-order valence-electron chi connectivity index (χ1n) is 12.2. The monoisotopic (exact) mass is 559 g/mol. The number of carbonyl (C=O) groups is 1. The molecule has 2 aromatic carbocycles. The van der Waals surface area contributed by atoms with Crippen molar-refractivity contribution in [2.75, 3.05) is 26.6 Å². The van der Waals surface area contributed by atoms with Crippen LogP contribution in [-0.2, 0) is 0 Å². The Hall–Kier alpha value is -5.39. The minimum Gasteiger partial charge on any atom is -0.493 e. The van der Waals surface area contributed by atoms with Crippen molar-refractivity contribution in [2.24, 2.45) is 0 Å². The maximum absolute atomic E-state index is 15.2. The normalized spacial score (nSPS) is 10.8. The van der Waals surface area contributed by atoms with Crippen LogP contribution in [-0.4, -0.2) is 47.4 Å². The summed E-state index contributed by atoms with van der Waals surface area (Å²) in [4.78, 5) is 21.9. The van der Waals surface area contributed by atoms with Gasteiger partial charge in [0.1, 0.15) is 22.6 Å². The Labute approximate surface area is 232 Å². The Bertz CT molecular complexity index is 1770. The van der Waals surface area contributed by atoms with Crippen LogP contribution in [0.3, 0.4) is 0 Å². The number of carbonyl (C=O) groups excluding carboxylic acids is 1. The molecular weight excluding hydrogens is 536 g/mol. The Balaban J connectivity index is 1.42. The summed E-state index contributed by atoms with van der Waals surface area (Å²) in [6.45, 7) is 1.59. The summed E-state index contributed by atoms with van der Waals surface area (Å²) in [5.74, 6) is -0.881. The van der Waals surface area contributed by atoms with Gasteiger partial charge >= 0.3 is 0 Å². The van der Waals surface area contributed by atoms with E-state index in [0.717, 1.165) is 6.07 Å². The zero-order valence-electron chi connectivity index (χ0n) is 22.4. The van der Waals surface area contributed by atoms with Crippen LogP contribution in [0.4, 0.5) is 14.5 Å². The summed E-state index contributed by atoms with van der Waals surface area (Å²) in [5.41, 5.74) is 2.10. The summed E-state index contributed by atoms with van der Waals surface area (Å²) in [5, 5.41) is 10.9. The predicted octanol–water partition coefficient (Wildman–Crippen LogP) is 5.74. The van der Waals surface area contributed by atoms with Crippen molar-refractivity contribution in [2.45, 2.75) is 6.92 Å². The maximum atomic E-state index is 15.2. The molecule has 1 N–H and O–H groups in total. The highest BCUT2D eigenvalue weighted by Gasteiger charge is 2.23. The molecule has 1 amide bonds. The number of halogens is 2. The molecule has 3 heterocycles. The number of nitrogens with one attached hydrogen (secondary N) is 1. The van der Waals surface area contributed by atoms with Gasteiger partial charge in [-0.3, -0.25) is 9.78 Å². The van der Waals surface area contributed by atoms with E-state index in [9.17, 15) is 9.18 Å². The van der Waals surface area contributed by atoms with Crippen molar-refractivity contribution in [3.63, 3.8) is 0 Å². The summed E-state index contributed by atoms with van der Waals surface area (Å²) in [6, 6.07) is 12.7. The van der Waals surface area contributed by atoms with Crippen molar-refractivity contribution in [3.8, 4) is 40.1 Å². The van der Waals surface area contributed by atoms with Crippen molar-refractivity contribution >= 4 is 22.6 Å². The van der Waals surface area contributed by atoms with E-state index in [1.54, 1.807) is 19.1 Å². The fraction of sp³-hybridized carbons (Fsp3) is 0.138. The average Bonchev–Trinajstić information content (AvgIpc) is 2.98. The van der Waals surface area contributed by atoms with Crippen LogP contribution >= 0.6 is 0 Å². The van der Waals surface area contributed by atoms with E-state index in [1.165, 1.54) is 63.9 Å². The van der Waals surface area contributed by atoms with E-state index < -0.39 is 17.5 Å². The number of methoxy groups -OCH3 is 3. The average molecular weight is 560 g/mol. The van der Waals surface area contributed by atoms with Gasteiger partial charge in [0.05, 0.1) is 32.5 Å². The first-order chi connectivity index (χ1) is 19.8. The molecule has 0 unspecified atom stereocenters. The molecular formula is C29H23F2N5O5. The number of pyridine rings is 2. The standard InChI is InChI=1S/C29H23F2N5O5/c1-15-24(27(39-3)25(36-35-15)16-5-7-17(30)8-6-16)28(37)33-18-9-10-21(19(31)13-18)41-22-11-12-32-20-14-23(38-2)29(40-4)34-26(20)22/h5-14H,1-4H3,(H,33,37). The third-order valence-corrected chi connectivity index (χ3v) is 6.08. The molecule has 5 aromatic rings. The fourth-order valence-corrected chi connectivity index (χ4v) is 4.13. The van der Waals surface area contributed by atoms with Crippen molar-refractivity contribution in [1.82, 2.24) is 20.2 Å². The van der Waals surface area contributed by atoms with Crippen LogP contribution in [0.1, 0.15) is 16.1 Å². The molecule has 5 rings (SSSR count). The molecule has 10 nitrogen and oxygen atoms in total. The van der Waals surface area contributed by atoms with Crippen LogP contribution < -0.4 is 24.3 Å². The lowest BCUT2D eigenvalue weighted by Gasteiger charge is -2.15. The lowest BCUT2D eigenvalue weighted by molar-refractivity contribution is 0.102. The van der Waals surface area contributed by atoms with E-state index in [0.29, 0.717) is 22.3 Å². The molecule has 0 bridgehead atoms. The lowest BCUT2D eigenvalue weighted by Crippen LogP contribution is -2.17. The highest BCUT2D eigenvalue weighted by molar-refractivity contribution is 6.08. The third-order valence-electron chi connectivity index (χ3n) is 6.08. The number of aromatic nitrogens is 4. The Morgan fingerprint density at radius 2 is 1.63 bits per heavy atom. The van der Waals surface area contributed by atoms with E-state index in [4.69, 9.17) is 18.9 Å². The molecule has 0 aliphatic carbocycles. The van der Waals surface area contributed by atoms with Gasteiger partial charge in [-0.15, -0.1) is 5.10 Å². The molecule has 3 aromatic heterocycles. The van der Waals surface area contributed by atoms with Gasteiger partial charge in [-0.25, -0.2) is 13.8 Å². The first-order valence-corrected chi connectivity index (χ1v) is 12.2. The van der Waals surface area contributed by atoms with Crippen LogP contribution in [0.25, 0.3) is 22.3 Å². The van der Waals surface area contributed by atoms with Crippen LogP contribution in [0.15, 0.2) is 60.8 Å². The van der Waals surface area contributed by atoms with Crippen molar-refractivity contribution < 1.29 is 32.5 Å². The molecule has 0 aliphatic heterocycles. The first kappa shape index (κ1) is 27.2. The lowest BCUT2D eigenvalue weighted by atomic mass is 10.1. The summed E-state index contributed by atoms with van der Waals surface area (Å²) in [7, 11) is 4.31. The van der Waals surface area contributed by atoms with E-state index in [1.807, 2.05) is 0 Å². The van der Waals surface area contributed by atoms with Gasteiger partial charge in [0.15, 0.2) is 28.8 Å². The summed E-state index contributed by atoms with van der Waals surface area (Å²) >= 11 is 0.